The van der Waals surface area contributed by atoms with Gasteiger partial charge in [0.25, 0.3) is 0 Å². The van der Waals surface area contributed by atoms with Crippen LogP contribution in [0.4, 0.5) is 0 Å². The van der Waals surface area contributed by atoms with Crippen molar-refractivity contribution in [3.63, 3.8) is 0 Å². The number of hydrogen-bond acceptors (Lipinski definition) is 2. The largest absolute Gasteiger partial charge is 0.359 e. The van der Waals surface area contributed by atoms with Crippen LogP contribution in [0.15, 0.2) is 49.1 Å². The Balaban J connectivity index is 2.28. The highest BCUT2D eigenvalue weighted by Crippen LogP contribution is 2.25. The molecule has 0 aliphatic rings. The number of H-pyrrole nitrogens is 1. The molecule has 0 bridgehead atoms. The van der Waals surface area contributed by atoms with Crippen LogP contribution in [0.3, 0.4) is 0 Å². The number of hydrogen-bond donors (Lipinski definition) is 1. The summed E-state index contributed by atoms with van der Waals surface area (Å²) in [6, 6.07) is 10.2. The molecule has 3 heteroatoms. The van der Waals surface area contributed by atoms with Crippen LogP contribution in [0.5, 0.6) is 0 Å². The van der Waals surface area contributed by atoms with Gasteiger partial charge in [-0.3, -0.25) is 0 Å². The zero-order valence-electron chi connectivity index (χ0n) is 8.01. The minimum atomic E-state index is 0.948. The van der Waals surface area contributed by atoms with E-state index in [1.807, 2.05) is 30.6 Å². The van der Waals surface area contributed by atoms with E-state index < -0.39 is 0 Å². The standard InChI is InChI=1S/C12H9N3/c1-2-4-9(5-3-1)12-10-6-13-8-15-11(10)7-14-12/h1-8,14H. The molecule has 3 rings (SSSR count). The fourth-order valence-electron chi connectivity index (χ4n) is 1.71. The van der Waals surface area contributed by atoms with Crippen LogP contribution >= 0.6 is 0 Å². The van der Waals surface area contributed by atoms with Crippen molar-refractivity contribution in [1.82, 2.24) is 15.0 Å². The number of aromatic nitrogens is 3. The van der Waals surface area contributed by atoms with Crippen LogP contribution in [0.2, 0.25) is 0 Å². The molecule has 0 aliphatic carbocycles. The highest BCUT2D eigenvalue weighted by molar-refractivity contribution is 5.92. The lowest BCUT2D eigenvalue weighted by Crippen LogP contribution is -1.79. The SMILES string of the molecule is c1ccc(-c2[nH]cc3ncncc23)cc1. The van der Waals surface area contributed by atoms with E-state index >= 15 is 0 Å². The molecule has 0 radical (unpaired) electrons. The second kappa shape index (κ2) is 3.20. The van der Waals surface area contributed by atoms with Crippen molar-refractivity contribution in [1.29, 1.82) is 0 Å². The van der Waals surface area contributed by atoms with Gasteiger partial charge >= 0.3 is 0 Å². The predicted octanol–water partition coefficient (Wildman–Crippen LogP) is 2.62. The molecule has 2 aromatic heterocycles. The molecule has 0 unspecified atom stereocenters. The predicted molar refractivity (Wildman–Crippen MR) is 59.3 cm³/mol. The molecule has 1 aromatic carbocycles. The lowest BCUT2D eigenvalue weighted by Gasteiger charge is -1.97. The van der Waals surface area contributed by atoms with E-state index in [2.05, 4.69) is 27.1 Å². The third-order valence-corrected chi connectivity index (χ3v) is 2.43. The van der Waals surface area contributed by atoms with Crippen molar-refractivity contribution in [3.05, 3.63) is 49.1 Å². The zero-order chi connectivity index (χ0) is 10.1. The average Bonchev–Trinajstić information content (AvgIpc) is 2.74. The third kappa shape index (κ3) is 1.29. The van der Waals surface area contributed by atoms with Gasteiger partial charge in [0.2, 0.25) is 0 Å². The number of nitrogens with zero attached hydrogens (tertiary/aromatic N) is 2. The Hall–Kier alpha value is -2.16. The van der Waals surface area contributed by atoms with Gasteiger partial charge in [0.15, 0.2) is 0 Å². The Kier molecular flexibility index (Phi) is 1.75. The average molecular weight is 195 g/mol. The van der Waals surface area contributed by atoms with Gasteiger partial charge in [-0.2, -0.15) is 0 Å². The lowest BCUT2D eigenvalue weighted by atomic mass is 10.1. The first kappa shape index (κ1) is 8.17. The summed E-state index contributed by atoms with van der Waals surface area (Å²) in [5.74, 6) is 0. The van der Waals surface area contributed by atoms with E-state index in [1.165, 1.54) is 0 Å². The van der Waals surface area contributed by atoms with Crippen molar-refractivity contribution in [2.75, 3.05) is 0 Å². The van der Waals surface area contributed by atoms with Gasteiger partial charge in [-0.15, -0.1) is 0 Å². The van der Waals surface area contributed by atoms with Crippen molar-refractivity contribution < 1.29 is 0 Å². The Morgan fingerprint density at radius 1 is 1.07 bits per heavy atom. The normalized spacial score (nSPS) is 10.7. The molecule has 0 aliphatic heterocycles. The maximum absolute atomic E-state index is 4.19. The van der Waals surface area contributed by atoms with Gasteiger partial charge < -0.3 is 4.98 Å². The summed E-state index contributed by atoms with van der Waals surface area (Å²) in [5.41, 5.74) is 3.18. The van der Waals surface area contributed by atoms with Crippen molar-refractivity contribution >= 4 is 10.9 Å². The molecule has 3 nitrogen and oxygen atoms in total. The summed E-state index contributed by atoms with van der Waals surface area (Å²) in [6.45, 7) is 0. The molecular formula is C12H9N3. The van der Waals surface area contributed by atoms with Gasteiger partial charge in [-0.1, -0.05) is 30.3 Å². The number of rotatable bonds is 1. The van der Waals surface area contributed by atoms with E-state index in [0.29, 0.717) is 0 Å². The number of nitrogens with one attached hydrogen (secondary N) is 1. The number of fused-ring (bicyclic) bond motifs is 1. The molecule has 0 amide bonds. The molecule has 0 atom stereocenters. The van der Waals surface area contributed by atoms with Gasteiger partial charge in [0.1, 0.15) is 6.33 Å². The highest BCUT2D eigenvalue weighted by Gasteiger charge is 2.05. The first-order chi connectivity index (χ1) is 7.45. The second-order valence-electron chi connectivity index (χ2n) is 3.35. The summed E-state index contributed by atoms with van der Waals surface area (Å²) in [7, 11) is 0. The Morgan fingerprint density at radius 2 is 1.93 bits per heavy atom. The molecule has 15 heavy (non-hydrogen) atoms. The van der Waals surface area contributed by atoms with E-state index in [-0.39, 0.29) is 0 Å². The van der Waals surface area contributed by atoms with E-state index in [9.17, 15) is 0 Å². The minimum absolute atomic E-state index is 0.948. The van der Waals surface area contributed by atoms with Gasteiger partial charge in [-0.05, 0) is 5.56 Å². The Morgan fingerprint density at radius 3 is 2.80 bits per heavy atom. The van der Waals surface area contributed by atoms with Crippen LogP contribution in [0, 0.1) is 0 Å². The van der Waals surface area contributed by atoms with Crippen LogP contribution in [-0.4, -0.2) is 15.0 Å². The van der Waals surface area contributed by atoms with Gasteiger partial charge in [-0.25, -0.2) is 9.97 Å². The Bertz CT molecular complexity index is 584. The van der Waals surface area contributed by atoms with E-state index in [4.69, 9.17) is 0 Å². The number of aromatic amines is 1. The lowest BCUT2D eigenvalue weighted by molar-refractivity contribution is 1.23. The number of benzene rings is 1. The zero-order valence-corrected chi connectivity index (χ0v) is 8.01. The molecule has 0 fully saturated rings. The third-order valence-electron chi connectivity index (χ3n) is 2.43. The first-order valence-electron chi connectivity index (χ1n) is 4.77. The summed E-state index contributed by atoms with van der Waals surface area (Å²) in [6.07, 6.45) is 5.30. The Labute approximate surface area is 86.8 Å². The summed E-state index contributed by atoms with van der Waals surface area (Å²) in [5, 5.41) is 1.06. The summed E-state index contributed by atoms with van der Waals surface area (Å²) < 4.78 is 0. The fraction of sp³-hybridized carbons (Fsp3) is 0. The smallest absolute Gasteiger partial charge is 0.116 e. The van der Waals surface area contributed by atoms with Crippen LogP contribution in [0.25, 0.3) is 22.2 Å². The first-order valence-corrected chi connectivity index (χ1v) is 4.77. The van der Waals surface area contributed by atoms with Crippen LogP contribution < -0.4 is 0 Å². The van der Waals surface area contributed by atoms with E-state index in [0.717, 1.165) is 22.2 Å². The molecule has 1 N–H and O–H groups in total. The van der Waals surface area contributed by atoms with Crippen molar-refractivity contribution in [2.24, 2.45) is 0 Å². The topological polar surface area (TPSA) is 41.6 Å². The fourth-order valence-corrected chi connectivity index (χ4v) is 1.71. The molecular weight excluding hydrogens is 186 g/mol. The van der Waals surface area contributed by atoms with Gasteiger partial charge in [0, 0.05) is 17.8 Å². The summed E-state index contributed by atoms with van der Waals surface area (Å²) >= 11 is 0. The van der Waals surface area contributed by atoms with Crippen molar-refractivity contribution in [2.45, 2.75) is 0 Å². The second-order valence-corrected chi connectivity index (χ2v) is 3.35. The van der Waals surface area contributed by atoms with Crippen molar-refractivity contribution in [3.8, 4) is 11.3 Å². The van der Waals surface area contributed by atoms with Crippen LogP contribution in [-0.2, 0) is 0 Å². The molecule has 3 aromatic rings. The molecule has 2 heterocycles. The van der Waals surface area contributed by atoms with Gasteiger partial charge in [0.05, 0.1) is 11.2 Å². The maximum Gasteiger partial charge on any atom is 0.116 e. The molecule has 0 saturated carbocycles. The molecule has 0 saturated heterocycles. The minimum Gasteiger partial charge on any atom is -0.359 e. The van der Waals surface area contributed by atoms with E-state index in [1.54, 1.807) is 6.33 Å². The maximum atomic E-state index is 4.19. The monoisotopic (exact) mass is 195 g/mol. The molecule has 72 valence electrons. The van der Waals surface area contributed by atoms with Crippen LogP contribution in [0.1, 0.15) is 0 Å². The summed E-state index contributed by atoms with van der Waals surface area (Å²) in [4.78, 5) is 11.5. The quantitative estimate of drug-likeness (QED) is 0.648. The molecule has 0 spiro atoms. The highest BCUT2D eigenvalue weighted by atomic mass is 14.8.